The van der Waals surface area contributed by atoms with Crippen LogP contribution in [0.2, 0.25) is 0 Å². The van der Waals surface area contributed by atoms with Crippen molar-refractivity contribution in [2.75, 3.05) is 0 Å². The molecule has 0 aromatic carbocycles. The molecular weight excluding hydrogens is 216 g/mol. The fourth-order valence-corrected chi connectivity index (χ4v) is 1.45. The first kappa shape index (κ1) is 14.4. The molecule has 3 atom stereocenters. The quantitative estimate of drug-likeness (QED) is 0.627. The monoisotopic (exact) mass is 232 g/mol. The van der Waals surface area contributed by atoms with Crippen LogP contribution < -0.4 is 0 Å². The van der Waals surface area contributed by atoms with Crippen LogP contribution in [0, 0.1) is 17.3 Å². The second-order valence-electron chi connectivity index (χ2n) is 4.23. The number of aliphatic carboxylic acids is 3. The Bertz CT molecular complexity index is 310. The molecule has 0 amide bonds. The predicted octanol–water partition coefficient (Wildman–Crippen LogP) is 0.909. The summed E-state index contributed by atoms with van der Waals surface area (Å²) in [6, 6.07) is 0. The second kappa shape index (κ2) is 4.96. The lowest BCUT2D eigenvalue weighted by Crippen LogP contribution is -2.41. The van der Waals surface area contributed by atoms with E-state index >= 15 is 0 Å². The van der Waals surface area contributed by atoms with Gasteiger partial charge in [-0.3, -0.25) is 14.4 Å². The van der Waals surface area contributed by atoms with E-state index in [4.69, 9.17) is 15.3 Å². The van der Waals surface area contributed by atoms with Crippen LogP contribution in [0.4, 0.5) is 0 Å². The number of hydrogen-bond donors (Lipinski definition) is 3. The maximum Gasteiger partial charge on any atom is 0.310 e. The Balaban J connectivity index is 5.05. The molecule has 0 heterocycles. The van der Waals surface area contributed by atoms with E-state index in [2.05, 4.69) is 0 Å². The molecule has 0 radical (unpaired) electrons. The first-order valence-electron chi connectivity index (χ1n) is 4.82. The molecule has 0 saturated heterocycles. The first-order valence-corrected chi connectivity index (χ1v) is 4.82. The van der Waals surface area contributed by atoms with E-state index in [1.807, 2.05) is 0 Å². The number of hydrogen-bond acceptors (Lipinski definition) is 3. The summed E-state index contributed by atoms with van der Waals surface area (Å²) in [5.41, 5.74) is -1.58. The van der Waals surface area contributed by atoms with Gasteiger partial charge in [-0.15, -0.1) is 0 Å². The minimum Gasteiger partial charge on any atom is -0.481 e. The van der Waals surface area contributed by atoms with E-state index in [1.165, 1.54) is 20.8 Å². The van der Waals surface area contributed by atoms with Crippen molar-refractivity contribution in [3.8, 4) is 0 Å². The van der Waals surface area contributed by atoms with Gasteiger partial charge in [0.05, 0.1) is 17.3 Å². The number of rotatable bonds is 6. The fraction of sp³-hybridized carbons (Fsp3) is 0.700. The Kier molecular flexibility index (Phi) is 4.47. The molecule has 0 rings (SSSR count). The van der Waals surface area contributed by atoms with Crippen LogP contribution in [0.15, 0.2) is 0 Å². The Morgan fingerprint density at radius 2 is 1.50 bits per heavy atom. The Morgan fingerprint density at radius 1 is 1.06 bits per heavy atom. The summed E-state index contributed by atoms with van der Waals surface area (Å²) in [6.45, 7) is 3.89. The second-order valence-corrected chi connectivity index (χ2v) is 4.23. The molecule has 6 nitrogen and oxygen atoms in total. The maximum atomic E-state index is 11.1. The van der Waals surface area contributed by atoms with E-state index in [-0.39, 0.29) is 6.42 Å². The zero-order valence-corrected chi connectivity index (χ0v) is 9.43. The highest BCUT2D eigenvalue weighted by Gasteiger charge is 2.44. The van der Waals surface area contributed by atoms with Crippen LogP contribution in [0.1, 0.15) is 27.2 Å². The van der Waals surface area contributed by atoms with Gasteiger partial charge in [0.2, 0.25) is 0 Å². The smallest absolute Gasteiger partial charge is 0.310 e. The summed E-state index contributed by atoms with van der Waals surface area (Å²) >= 11 is 0. The van der Waals surface area contributed by atoms with Crippen LogP contribution >= 0.6 is 0 Å². The van der Waals surface area contributed by atoms with Crippen molar-refractivity contribution in [1.29, 1.82) is 0 Å². The van der Waals surface area contributed by atoms with E-state index < -0.39 is 35.2 Å². The molecule has 6 heteroatoms. The Morgan fingerprint density at radius 3 is 1.75 bits per heavy atom. The molecule has 0 saturated carbocycles. The molecular formula is C10H16O6. The van der Waals surface area contributed by atoms with Gasteiger partial charge in [-0.25, -0.2) is 0 Å². The molecule has 0 spiro atoms. The van der Waals surface area contributed by atoms with Gasteiger partial charge < -0.3 is 15.3 Å². The SMILES string of the molecule is C[C@H](C[C@](C)(C(=O)O)[C@H](C)C(=O)O)C(=O)O. The van der Waals surface area contributed by atoms with Crippen molar-refractivity contribution in [2.24, 2.45) is 17.3 Å². The van der Waals surface area contributed by atoms with Crippen molar-refractivity contribution in [2.45, 2.75) is 27.2 Å². The molecule has 0 aromatic rings. The van der Waals surface area contributed by atoms with Gasteiger partial charge in [0.15, 0.2) is 0 Å². The summed E-state index contributed by atoms with van der Waals surface area (Å²) < 4.78 is 0. The molecule has 92 valence electrons. The lowest BCUT2D eigenvalue weighted by Gasteiger charge is -2.30. The zero-order chi connectivity index (χ0) is 13.1. The Labute approximate surface area is 92.9 Å². The molecule has 0 unspecified atom stereocenters. The van der Waals surface area contributed by atoms with Crippen LogP contribution in [0.3, 0.4) is 0 Å². The highest BCUT2D eigenvalue weighted by molar-refractivity contribution is 5.83. The third-order valence-corrected chi connectivity index (χ3v) is 2.97. The van der Waals surface area contributed by atoms with Crippen molar-refractivity contribution < 1.29 is 29.7 Å². The topological polar surface area (TPSA) is 112 Å². The first-order chi connectivity index (χ1) is 7.12. The third kappa shape index (κ3) is 2.95. The minimum atomic E-state index is -1.58. The van der Waals surface area contributed by atoms with Gasteiger partial charge in [-0.2, -0.15) is 0 Å². The van der Waals surface area contributed by atoms with E-state index in [1.54, 1.807) is 0 Å². The highest BCUT2D eigenvalue weighted by Crippen LogP contribution is 2.35. The summed E-state index contributed by atoms with van der Waals surface area (Å²) in [4.78, 5) is 32.5. The lowest BCUT2D eigenvalue weighted by molar-refractivity contribution is -0.163. The molecule has 0 bridgehead atoms. The average Bonchev–Trinajstić information content (AvgIpc) is 2.15. The Hall–Kier alpha value is -1.59. The van der Waals surface area contributed by atoms with Crippen molar-refractivity contribution in [1.82, 2.24) is 0 Å². The van der Waals surface area contributed by atoms with E-state index in [9.17, 15) is 14.4 Å². The fourth-order valence-electron chi connectivity index (χ4n) is 1.45. The normalized spacial score (nSPS) is 18.2. The standard InChI is InChI=1S/C10H16O6/c1-5(7(11)12)4-10(3,9(15)16)6(2)8(13)14/h5-6H,4H2,1-3H3,(H,11,12)(H,13,14)(H,15,16)/t5-,6-,10+/m1/s1. The average molecular weight is 232 g/mol. The summed E-state index contributed by atoms with van der Waals surface area (Å²) in [7, 11) is 0. The molecule has 0 aliphatic carbocycles. The molecule has 0 fully saturated rings. The number of carboxylic acid groups (broad SMARTS) is 3. The largest absolute Gasteiger partial charge is 0.481 e. The van der Waals surface area contributed by atoms with Crippen LogP contribution in [-0.4, -0.2) is 33.2 Å². The van der Waals surface area contributed by atoms with Gasteiger partial charge in [-0.1, -0.05) is 13.8 Å². The number of carboxylic acids is 3. The van der Waals surface area contributed by atoms with Gasteiger partial charge in [0.25, 0.3) is 0 Å². The lowest BCUT2D eigenvalue weighted by atomic mass is 9.72. The molecule has 0 aromatic heterocycles. The zero-order valence-electron chi connectivity index (χ0n) is 9.43. The van der Waals surface area contributed by atoms with Gasteiger partial charge >= 0.3 is 17.9 Å². The van der Waals surface area contributed by atoms with E-state index in [0.29, 0.717) is 0 Å². The third-order valence-electron chi connectivity index (χ3n) is 2.97. The summed E-state index contributed by atoms with van der Waals surface area (Å²) in [5.74, 6) is -5.72. The van der Waals surface area contributed by atoms with Crippen molar-refractivity contribution in [3.63, 3.8) is 0 Å². The van der Waals surface area contributed by atoms with Crippen LogP contribution in [0.25, 0.3) is 0 Å². The predicted molar refractivity (Wildman–Crippen MR) is 54.0 cm³/mol. The van der Waals surface area contributed by atoms with Gasteiger partial charge in [-0.05, 0) is 13.3 Å². The van der Waals surface area contributed by atoms with Crippen molar-refractivity contribution >= 4 is 17.9 Å². The molecule has 3 N–H and O–H groups in total. The highest BCUT2D eigenvalue weighted by atomic mass is 16.4. The van der Waals surface area contributed by atoms with E-state index in [0.717, 1.165) is 0 Å². The maximum absolute atomic E-state index is 11.1. The minimum absolute atomic E-state index is 0.217. The summed E-state index contributed by atoms with van der Waals surface area (Å²) in [5, 5.41) is 26.5. The van der Waals surface area contributed by atoms with Crippen LogP contribution in [-0.2, 0) is 14.4 Å². The van der Waals surface area contributed by atoms with Crippen LogP contribution in [0.5, 0.6) is 0 Å². The number of carbonyl (C=O) groups is 3. The van der Waals surface area contributed by atoms with Gasteiger partial charge in [0, 0.05) is 0 Å². The van der Waals surface area contributed by atoms with Crippen molar-refractivity contribution in [3.05, 3.63) is 0 Å². The molecule has 0 aliphatic heterocycles. The van der Waals surface area contributed by atoms with Gasteiger partial charge in [0.1, 0.15) is 0 Å². The molecule has 0 aliphatic rings. The molecule has 16 heavy (non-hydrogen) atoms. The summed E-state index contributed by atoms with van der Waals surface area (Å²) in [6.07, 6.45) is -0.217.